The van der Waals surface area contributed by atoms with Crippen LogP contribution in [0.3, 0.4) is 0 Å². The highest BCUT2D eigenvalue weighted by atomic mass is 32.2. The van der Waals surface area contributed by atoms with E-state index in [4.69, 9.17) is 0 Å². The lowest BCUT2D eigenvalue weighted by molar-refractivity contribution is -0.114. The van der Waals surface area contributed by atoms with Crippen LogP contribution in [0.25, 0.3) is 0 Å². The summed E-state index contributed by atoms with van der Waals surface area (Å²) in [6.45, 7) is 7.39. The normalized spacial score (nSPS) is 12.6. The molecule has 2 aromatic rings. The van der Waals surface area contributed by atoms with Crippen LogP contribution in [0.1, 0.15) is 43.0 Å². The molecular formula is C20H26N2O3S2. The standard InChI is InChI=1S/C20H26N2O3S2/c1-6-18(16-8-7-13(2)14(3)11-16)22-27(24,25)17-9-10-20(26-5)19(12-17)21-15(4)23/h7-12,18,22H,6H2,1-5H3,(H,21,23). The number of carbonyl (C=O) groups excluding carboxylic acids is 1. The molecule has 0 aliphatic heterocycles. The van der Waals surface area contributed by atoms with Crippen LogP contribution in [0.15, 0.2) is 46.2 Å². The quantitative estimate of drug-likeness (QED) is 0.668. The summed E-state index contributed by atoms with van der Waals surface area (Å²) in [6, 6.07) is 10.4. The van der Waals surface area contributed by atoms with Crippen molar-refractivity contribution in [2.75, 3.05) is 11.6 Å². The van der Waals surface area contributed by atoms with Crippen molar-refractivity contribution >= 4 is 33.4 Å². The van der Waals surface area contributed by atoms with Gasteiger partial charge >= 0.3 is 0 Å². The number of nitrogens with one attached hydrogen (secondary N) is 2. The average molecular weight is 407 g/mol. The first-order chi connectivity index (χ1) is 12.7. The predicted molar refractivity (Wildman–Crippen MR) is 112 cm³/mol. The van der Waals surface area contributed by atoms with Crippen LogP contribution >= 0.6 is 11.8 Å². The van der Waals surface area contributed by atoms with Gasteiger partial charge in [0, 0.05) is 17.9 Å². The van der Waals surface area contributed by atoms with E-state index in [-0.39, 0.29) is 16.8 Å². The van der Waals surface area contributed by atoms with Crippen LogP contribution in [-0.4, -0.2) is 20.6 Å². The van der Waals surface area contributed by atoms with Crippen molar-refractivity contribution in [2.45, 2.75) is 49.9 Å². The van der Waals surface area contributed by atoms with Gasteiger partial charge in [0.2, 0.25) is 15.9 Å². The van der Waals surface area contributed by atoms with Crippen LogP contribution in [0.2, 0.25) is 0 Å². The number of anilines is 1. The van der Waals surface area contributed by atoms with Crippen molar-refractivity contribution < 1.29 is 13.2 Å². The summed E-state index contributed by atoms with van der Waals surface area (Å²) >= 11 is 1.44. The van der Waals surface area contributed by atoms with Gasteiger partial charge in [0.25, 0.3) is 0 Å². The summed E-state index contributed by atoms with van der Waals surface area (Å²) in [4.78, 5) is 12.4. The number of hydrogen-bond acceptors (Lipinski definition) is 4. The fourth-order valence-corrected chi connectivity index (χ4v) is 4.63. The molecular weight excluding hydrogens is 380 g/mol. The molecule has 2 N–H and O–H groups in total. The largest absolute Gasteiger partial charge is 0.325 e. The number of benzene rings is 2. The molecule has 0 aliphatic rings. The van der Waals surface area contributed by atoms with Gasteiger partial charge in [-0.3, -0.25) is 4.79 Å². The Morgan fingerprint density at radius 2 is 1.81 bits per heavy atom. The highest BCUT2D eigenvalue weighted by molar-refractivity contribution is 7.98. The minimum absolute atomic E-state index is 0.131. The Kier molecular flexibility index (Phi) is 7.08. The number of sulfonamides is 1. The lowest BCUT2D eigenvalue weighted by Gasteiger charge is -2.19. The molecule has 7 heteroatoms. The van der Waals surface area contributed by atoms with Crippen molar-refractivity contribution in [3.05, 3.63) is 53.1 Å². The number of hydrogen-bond donors (Lipinski definition) is 2. The van der Waals surface area contributed by atoms with Gasteiger partial charge in [-0.1, -0.05) is 25.1 Å². The van der Waals surface area contributed by atoms with Crippen molar-refractivity contribution in [3.8, 4) is 0 Å². The highest BCUT2D eigenvalue weighted by Gasteiger charge is 2.22. The van der Waals surface area contributed by atoms with E-state index in [2.05, 4.69) is 10.0 Å². The van der Waals surface area contributed by atoms with Crippen LogP contribution < -0.4 is 10.0 Å². The monoisotopic (exact) mass is 406 g/mol. The second-order valence-electron chi connectivity index (χ2n) is 6.47. The van der Waals surface area contributed by atoms with E-state index < -0.39 is 10.0 Å². The zero-order valence-corrected chi connectivity index (χ0v) is 17.9. The molecule has 0 fully saturated rings. The van der Waals surface area contributed by atoms with E-state index >= 15 is 0 Å². The van der Waals surface area contributed by atoms with Crippen LogP contribution in [0.4, 0.5) is 5.69 Å². The van der Waals surface area contributed by atoms with Crippen molar-refractivity contribution in [1.29, 1.82) is 0 Å². The van der Waals surface area contributed by atoms with Gasteiger partial charge in [-0.2, -0.15) is 0 Å². The molecule has 0 saturated heterocycles. The second kappa shape index (κ2) is 8.91. The van der Waals surface area contributed by atoms with Gasteiger partial charge in [0.15, 0.2) is 0 Å². The Bertz CT molecular complexity index is 940. The molecule has 5 nitrogen and oxygen atoms in total. The van der Waals surface area contributed by atoms with E-state index in [1.165, 1.54) is 30.3 Å². The molecule has 0 radical (unpaired) electrons. The number of carbonyl (C=O) groups is 1. The van der Waals surface area contributed by atoms with Gasteiger partial charge in [0.1, 0.15) is 0 Å². The molecule has 0 bridgehead atoms. The minimum Gasteiger partial charge on any atom is -0.325 e. The Morgan fingerprint density at radius 3 is 2.37 bits per heavy atom. The fourth-order valence-electron chi connectivity index (χ4n) is 2.77. The van der Waals surface area contributed by atoms with E-state index in [1.54, 1.807) is 12.1 Å². The molecule has 2 aromatic carbocycles. The summed E-state index contributed by atoms with van der Waals surface area (Å²) in [6.07, 6.45) is 2.50. The zero-order valence-electron chi connectivity index (χ0n) is 16.3. The maximum atomic E-state index is 12.9. The third-order valence-corrected chi connectivity index (χ3v) is 6.70. The van der Waals surface area contributed by atoms with E-state index in [0.29, 0.717) is 12.1 Å². The van der Waals surface area contributed by atoms with E-state index in [0.717, 1.165) is 16.0 Å². The van der Waals surface area contributed by atoms with Gasteiger partial charge in [0.05, 0.1) is 10.6 Å². The van der Waals surface area contributed by atoms with Gasteiger partial charge in [-0.05, 0) is 61.4 Å². The Hall–Kier alpha value is -1.83. The summed E-state index contributed by atoms with van der Waals surface area (Å²) in [7, 11) is -3.74. The number of thioether (sulfide) groups is 1. The zero-order chi connectivity index (χ0) is 20.2. The minimum atomic E-state index is -3.74. The SMILES string of the molecule is CCC(NS(=O)(=O)c1ccc(SC)c(NC(C)=O)c1)c1ccc(C)c(C)c1. The van der Waals surface area contributed by atoms with E-state index in [9.17, 15) is 13.2 Å². The molecule has 146 valence electrons. The van der Waals surface area contributed by atoms with E-state index in [1.807, 2.05) is 45.2 Å². The summed E-state index contributed by atoms with van der Waals surface area (Å²) in [5.74, 6) is -0.241. The lowest BCUT2D eigenvalue weighted by Crippen LogP contribution is -2.28. The van der Waals surface area contributed by atoms with Crippen molar-refractivity contribution in [3.63, 3.8) is 0 Å². The Balaban J connectivity index is 2.36. The first kappa shape index (κ1) is 21.5. The summed E-state index contributed by atoms with van der Waals surface area (Å²) in [5.41, 5.74) is 3.73. The molecule has 0 aliphatic carbocycles. The van der Waals surface area contributed by atoms with Crippen molar-refractivity contribution in [1.82, 2.24) is 4.72 Å². The van der Waals surface area contributed by atoms with Crippen LogP contribution in [0.5, 0.6) is 0 Å². The molecule has 1 unspecified atom stereocenters. The maximum Gasteiger partial charge on any atom is 0.241 e. The fraction of sp³-hybridized carbons (Fsp3) is 0.350. The average Bonchev–Trinajstić information content (AvgIpc) is 2.61. The molecule has 27 heavy (non-hydrogen) atoms. The Labute approximate surface area is 166 Å². The maximum absolute atomic E-state index is 12.9. The molecule has 2 rings (SSSR count). The second-order valence-corrected chi connectivity index (χ2v) is 9.03. The van der Waals surface area contributed by atoms with Gasteiger partial charge in [-0.25, -0.2) is 13.1 Å². The molecule has 1 atom stereocenters. The number of rotatable bonds is 7. The van der Waals surface area contributed by atoms with Crippen LogP contribution in [0, 0.1) is 13.8 Å². The molecule has 0 aromatic heterocycles. The third kappa shape index (κ3) is 5.34. The summed E-state index contributed by atoms with van der Waals surface area (Å²) < 4.78 is 28.7. The first-order valence-corrected chi connectivity index (χ1v) is 11.4. The Morgan fingerprint density at radius 1 is 1.11 bits per heavy atom. The van der Waals surface area contributed by atoms with Gasteiger partial charge in [-0.15, -0.1) is 11.8 Å². The smallest absolute Gasteiger partial charge is 0.241 e. The third-order valence-electron chi connectivity index (χ3n) is 4.43. The number of amides is 1. The molecule has 0 heterocycles. The molecule has 0 saturated carbocycles. The number of aryl methyl sites for hydroxylation is 2. The van der Waals surface area contributed by atoms with Crippen molar-refractivity contribution in [2.24, 2.45) is 0 Å². The topological polar surface area (TPSA) is 75.3 Å². The summed E-state index contributed by atoms with van der Waals surface area (Å²) in [5, 5.41) is 2.70. The predicted octanol–water partition coefficient (Wildman–Crippen LogP) is 4.41. The molecule has 1 amide bonds. The highest BCUT2D eigenvalue weighted by Crippen LogP contribution is 2.29. The first-order valence-electron chi connectivity index (χ1n) is 8.73. The lowest BCUT2D eigenvalue weighted by atomic mass is 10.0. The molecule has 0 spiro atoms. The van der Waals surface area contributed by atoms with Gasteiger partial charge < -0.3 is 5.32 Å². The van der Waals surface area contributed by atoms with Crippen LogP contribution in [-0.2, 0) is 14.8 Å².